The fourth-order valence-electron chi connectivity index (χ4n) is 1.07. The number of nitrogens with two attached hydrogens (primary N) is 1. The Labute approximate surface area is 95.4 Å². The topological polar surface area (TPSA) is 81.2 Å². The van der Waals surface area contributed by atoms with Crippen LogP contribution in [0.2, 0.25) is 0 Å². The zero-order valence-corrected chi connectivity index (χ0v) is 10.0. The van der Waals surface area contributed by atoms with Gasteiger partial charge in [0.2, 0.25) is 0 Å². The quantitative estimate of drug-likeness (QED) is 0.781. The van der Waals surface area contributed by atoms with Gasteiger partial charge in [-0.25, -0.2) is 0 Å². The lowest BCUT2D eigenvalue weighted by Crippen LogP contribution is -2.38. The highest BCUT2D eigenvalue weighted by molar-refractivity contribution is 5.92. The lowest BCUT2D eigenvalue weighted by molar-refractivity contribution is 0.0928. The normalized spacial score (nSPS) is 11.5. The van der Waals surface area contributed by atoms with Crippen molar-refractivity contribution in [1.29, 1.82) is 0 Å². The summed E-state index contributed by atoms with van der Waals surface area (Å²) in [4.78, 5) is 11.7. The summed E-state index contributed by atoms with van der Waals surface area (Å²) in [5.41, 5.74) is 5.79. The van der Waals surface area contributed by atoms with Crippen LogP contribution in [-0.2, 0) is 6.42 Å². The maximum atomic E-state index is 11.7. The van der Waals surface area contributed by atoms with Crippen LogP contribution in [0.1, 0.15) is 37.0 Å². The van der Waals surface area contributed by atoms with Crippen molar-refractivity contribution in [2.24, 2.45) is 11.1 Å². The predicted molar refractivity (Wildman–Crippen MR) is 61.0 cm³/mol. The van der Waals surface area contributed by atoms with Crippen molar-refractivity contribution in [3.63, 3.8) is 0 Å². The molecule has 0 aliphatic heterocycles. The fourth-order valence-corrected chi connectivity index (χ4v) is 1.07. The van der Waals surface area contributed by atoms with E-state index in [4.69, 9.17) is 10.3 Å². The molecule has 5 nitrogen and oxygen atoms in total. The Morgan fingerprint density at radius 2 is 2.31 bits per heavy atom. The molecule has 5 heteroatoms. The van der Waals surface area contributed by atoms with Crippen molar-refractivity contribution >= 4 is 5.91 Å². The summed E-state index contributed by atoms with van der Waals surface area (Å²) >= 11 is 0. The largest absolute Gasteiger partial charge is 0.361 e. The summed E-state index contributed by atoms with van der Waals surface area (Å²) < 4.78 is 4.96. The molecule has 0 saturated carbocycles. The number of aryl methyl sites for hydroxylation is 1. The van der Waals surface area contributed by atoms with Crippen molar-refractivity contribution in [3.05, 3.63) is 17.5 Å². The van der Waals surface area contributed by atoms with Gasteiger partial charge in [0.1, 0.15) is 5.76 Å². The number of nitrogens with zero attached hydrogens (tertiary/aromatic N) is 1. The predicted octanol–water partition coefficient (Wildman–Crippen LogP) is 0.952. The number of rotatable bonds is 5. The molecule has 0 bridgehead atoms. The highest BCUT2D eigenvalue weighted by Gasteiger charge is 2.18. The first kappa shape index (κ1) is 12.7. The molecule has 1 amide bonds. The Morgan fingerprint density at radius 1 is 1.62 bits per heavy atom. The maximum absolute atomic E-state index is 11.7. The van der Waals surface area contributed by atoms with Crippen molar-refractivity contribution in [2.75, 3.05) is 13.1 Å². The van der Waals surface area contributed by atoms with Crippen LogP contribution in [0.25, 0.3) is 0 Å². The SMILES string of the molecule is CCc1cc(C(=O)NCC(C)(C)CN)no1. The van der Waals surface area contributed by atoms with Crippen LogP contribution >= 0.6 is 0 Å². The minimum absolute atomic E-state index is 0.104. The summed E-state index contributed by atoms with van der Waals surface area (Å²) in [7, 11) is 0. The first-order chi connectivity index (χ1) is 7.48. The number of carbonyl (C=O) groups excluding carboxylic acids is 1. The molecule has 0 atom stereocenters. The van der Waals surface area contributed by atoms with E-state index in [-0.39, 0.29) is 11.3 Å². The van der Waals surface area contributed by atoms with Gasteiger partial charge in [-0.05, 0) is 12.0 Å². The van der Waals surface area contributed by atoms with Crippen LogP contribution in [0.4, 0.5) is 0 Å². The van der Waals surface area contributed by atoms with E-state index < -0.39 is 0 Å². The number of carbonyl (C=O) groups is 1. The molecule has 0 saturated heterocycles. The number of hydrogen-bond donors (Lipinski definition) is 2. The van der Waals surface area contributed by atoms with Crippen molar-refractivity contribution < 1.29 is 9.32 Å². The lowest BCUT2D eigenvalue weighted by atomic mass is 9.94. The first-order valence-corrected chi connectivity index (χ1v) is 5.42. The van der Waals surface area contributed by atoms with E-state index in [0.717, 1.165) is 6.42 Å². The number of hydrogen-bond acceptors (Lipinski definition) is 4. The number of aromatic nitrogens is 1. The average Bonchev–Trinajstić information content (AvgIpc) is 2.74. The van der Waals surface area contributed by atoms with E-state index in [9.17, 15) is 4.79 Å². The lowest BCUT2D eigenvalue weighted by Gasteiger charge is -2.22. The van der Waals surface area contributed by atoms with Crippen LogP contribution in [0, 0.1) is 5.41 Å². The zero-order valence-electron chi connectivity index (χ0n) is 10.0. The minimum atomic E-state index is -0.218. The molecule has 0 unspecified atom stereocenters. The Bertz CT molecular complexity index is 358. The molecule has 3 N–H and O–H groups in total. The summed E-state index contributed by atoms with van der Waals surface area (Å²) in [5.74, 6) is 0.494. The second-order valence-corrected chi connectivity index (χ2v) is 4.58. The zero-order chi connectivity index (χ0) is 12.2. The van der Waals surface area contributed by atoms with Crippen LogP contribution in [0.15, 0.2) is 10.6 Å². The Kier molecular flexibility index (Phi) is 4.06. The van der Waals surface area contributed by atoms with Gasteiger partial charge in [-0.1, -0.05) is 25.9 Å². The molecule has 1 heterocycles. The third-order valence-electron chi connectivity index (χ3n) is 2.42. The van der Waals surface area contributed by atoms with Crippen LogP contribution < -0.4 is 11.1 Å². The first-order valence-electron chi connectivity index (χ1n) is 5.42. The molecule has 0 aliphatic rings. The molecule has 1 aromatic rings. The second kappa shape index (κ2) is 5.12. The average molecular weight is 225 g/mol. The van der Waals surface area contributed by atoms with Crippen LogP contribution in [0.3, 0.4) is 0 Å². The summed E-state index contributed by atoms with van der Waals surface area (Å²) in [6, 6.07) is 1.66. The third-order valence-corrected chi connectivity index (χ3v) is 2.42. The smallest absolute Gasteiger partial charge is 0.273 e. The monoisotopic (exact) mass is 225 g/mol. The molecule has 0 fully saturated rings. The fraction of sp³-hybridized carbons (Fsp3) is 0.636. The van der Waals surface area contributed by atoms with Gasteiger partial charge < -0.3 is 15.6 Å². The molecule has 0 spiro atoms. The van der Waals surface area contributed by atoms with E-state index in [1.165, 1.54) is 0 Å². The van der Waals surface area contributed by atoms with Gasteiger partial charge in [-0.3, -0.25) is 4.79 Å². The van der Waals surface area contributed by atoms with Gasteiger partial charge in [-0.15, -0.1) is 0 Å². The molecule has 90 valence electrons. The maximum Gasteiger partial charge on any atom is 0.273 e. The van der Waals surface area contributed by atoms with E-state index >= 15 is 0 Å². The summed E-state index contributed by atoms with van der Waals surface area (Å²) in [5, 5.41) is 6.48. The van der Waals surface area contributed by atoms with Crippen LogP contribution in [-0.4, -0.2) is 24.2 Å². The van der Waals surface area contributed by atoms with E-state index in [2.05, 4.69) is 10.5 Å². The molecule has 0 aromatic carbocycles. The number of nitrogens with one attached hydrogen (secondary N) is 1. The van der Waals surface area contributed by atoms with Crippen molar-refractivity contribution in [3.8, 4) is 0 Å². The highest BCUT2D eigenvalue weighted by Crippen LogP contribution is 2.11. The molecular formula is C11H19N3O2. The second-order valence-electron chi connectivity index (χ2n) is 4.58. The minimum Gasteiger partial charge on any atom is -0.361 e. The molecule has 0 radical (unpaired) electrons. The molecule has 16 heavy (non-hydrogen) atoms. The van der Waals surface area contributed by atoms with E-state index in [1.54, 1.807) is 6.07 Å². The standard InChI is InChI=1S/C11H19N3O2/c1-4-8-5-9(14-16-8)10(15)13-7-11(2,3)6-12/h5H,4,6-7,12H2,1-3H3,(H,13,15). The van der Waals surface area contributed by atoms with E-state index in [1.807, 2.05) is 20.8 Å². The third kappa shape index (κ3) is 3.34. The Morgan fingerprint density at radius 3 is 2.81 bits per heavy atom. The van der Waals surface area contributed by atoms with Gasteiger partial charge in [0.05, 0.1) is 0 Å². The van der Waals surface area contributed by atoms with Gasteiger partial charge in [0.15, 0.2) is 5.69 Å². The molecule has 0 aliphatic carbocycles. The van der Waals surface area contributed by atoms with Gasteiger partial charge >= 0.3 is 0 Å². The number of amides is 1. The van der Waals surface area contributed by atoms with Crippen LogP contribution in [0.5, 0.6) is 0 Å². The van der Waals surface area contributed by atoms with E-state index in [0.29, 0.717) is 24.5 Å². The summed E-state index contributed by atoms with van der Waals surface area (Å²) in [6.45, 7) is 6.98. The molecule has 1 aromatic heterocycles. The molecular weight excluding hydrogens is 206 g/mol. The van der Waals surface area contributed by atoms with Crippen molar-refractivity contribution in [2.45, 2.75) is 27.2 Å². The van der Waals surface area contributed by atoms with Gasteiger partial charge in [-0.2, -0.15) is 0 Å². The van der Waals surface area contributed by atoms with Crippen molar-refractivity contribution in [1.82, 2.24) is 10.5 Å². The van der Waals surface area contributed by atoms with Gasteiger partial charge in [0.25, 0.3) is 5.91 Å². The highest BCUT2D eigenvalue weighted by atomic mass is 16.5. The Balaban J connectivity index is 2.53. The van der Waals surface area contributed by atoms with Gasteiger partial charge in [0, 0.05) is 19.0 Å². The molecule has 1 rings (SSSR count). The summed E-state index contributed by atoms with van der Waals surface area (Å²) in [6.07, 6.45) is 0.731. The Hall–Kier alpha value is -1.36.